The first kappa shape index (κ1) is 34.8. The van der Waals surface area contributed by atoms with Gasteiger partial charge in [0.2, 0.25) is 5.91 Å². The molecule has 0 aromatic heterocycles. The molecule has 1 aromatic carbocycles. The number of carboxylic acids is 1. The average molecular weight is 602 g/mol. The molecule has 2 fully saturated rings. The third-order valence-corrected chi connectivity index (χ3v) is 8.88. The lowest BCUT2D eigenvalue weighted by Gasteiger charge is -2.45. The average Bonchev–Trinajstić information content (AvgIpc) is 2.96. The van der Waals surface area contributed by atoms with Crippen molar-refractivity contribution in [3.05, 3.63) is 35.9 Å². The largest absolute Gasteiger partial charge is 0.481 e. The van der Waals surface area contributed by atoms with E-state index >= 15 is 0 Å². The maximum atomic E-state index is 13.7. The summed E-state index contributed by atoms with van der Waals surface area (Å²) >= 11 is 0. The number of carbonyl (C=O) groups excluding carboxylic acids is 2. The highest BCUT2D eigenvalue weighted by Crippen LogP contribution is 2.35. The third-order valence-electron chi connectivity index (χ3n) is 8.88. The number of unbranched alkanes of at least 4 members (excludes halogenated alkanes) is 5. The van der Waals surface area contributed by atoms with Gasteiger partial charge in [0, 0.05) is 31.1 Å². The van der Waals surface area contributed by atoms with Gasteiger partial charge in [-0.05, 0) is 44.6 Å². The zero-order valence-electron chi connectivity index (χ0n) is 27.0. The van der Waals surface area contributed by atoms with E-state index in [4.69, 9.17) is 9.47 Å². The summed E-state index contributed by atoms with van der Waals surface area (Å²) in [6.45, 7) is 11.0. The zero-order valence-corrected chi connectivity index (χ0v) is 27.0. The number of hydrogen-bond donors (Lipinski definition) is 3. The number of aliphatic carboxylic acids is 1. The van der Waals surface area contributed by atoms with Crippen molar-refractivity contribution in [2.45, 2.75) is 123 Å². The number of ether oxygens (including phenoxy) is 2. The minimum atomic E-state index is -0.966. The Balaban J connectivity index is 1.66. The first-order chi connectivity index (χ1) is 20.4. The van der Waals surface area contributed by atoms with Gasteiger partial charge in [0.15, 0.2) is 5.79 Å². The van der Waals surface area contributed by atoms with Gasteiger partial charge in [0.05, 0.1) is 12.5 Å². The molecule has 2 unspecified atom stereocenters. The summed E-state index contributed by atoms with van der Waals surface area (Å²) in [4.78, 5) is 41.4. The highest BCUT2D eigenvalue weighted by molar-refractivity contribution is 5.82. The van der Waals surface area contributed by atoms with Crippen molar-refractivity contribution in [1.29, 1.82) is 0 Å². The molecule has 1 aliphatic heterocycles. The minimum Gasteiger partial charge on any atom is -0.481 e. The maximum Gasteiger partial charge on any atom is 0.317 e. The van der Waals surface area contributed by atoms with Crippen LogP contribution in [0.3, 0.4) is 0 Å². The van der Waals surface area contributed by atoms with Gasteiger partial charge in [-0.3, -0.25) is 9.59 Å². The van der Waals surface area contributed by atoms with Crippen LogP contribution in [0.1, 0.15) is 104 Å². The minimum absolute atomic E-state index is 0.0199. The van der Waals surface area contributed by atoms with Gasteiger partial charge >= 0.3 is 12.0 Å². The second-order valence-corrected chi connectivity index (χ2v) is 13.5. The standard InChI is InChI=1S/C34H55N3O6/c1-6-7-8-9-10-16-21-37(23-25-17-12-11-13-18-25)32(41)36-28-20-15-14-19-26(28)27(31(39)40)22-35-30(38)29-33(2,3)24-42-34(4,5)43-29/h11-13,17-18,26-29H,6-10,14-16,19-24H2,1-5H3,(H,35,38)(H,36,41)(H,39,40)/t26-,27?,28-,29?/m0/s1. The number of hydrogen-bond acceptors (Lipinski definition) is 5. The number of nitrogens with one attached hydrogen (secondary N) is 2. The van der Waals surface area contributed by atoms with Crippen molar-refractivity contribution in [3.8, 4) is 0 Å². The van der Waals surface area contributed by atoms with Crippen LogP contribution >= 0.6 is 0 Å². The fraction of sp³-hybridized carbons (Fsp3) is 0.735. The summed E-state index contributed by atoms with van der Waals surface area (Å²) in [6, 6.07) is 9.55. The Kier molecular flexibility index (Phi) is 13.3. The summed E-state index contributed by atoms with van der Waals surface area (Å²) in [7, 11) is 0. The van der Waals surface area contributed by atoms with Crippen molar-refractivity contribution in [2.24, 2.45) is 17.3 Å². The molecule has 9 nitrogen and oxygen atoms in total. The molecule has 3 amide bonds. The number of rotatable bonds is 15. The molecule has 1 aliphatic carbocycles. The van der Waals surface area contributed by atoms with Gasteiger partial charge in [-0.1, -0.05) is 96.0 Å². The van der Waals surface area contributed by atoms with Gasteiger partial charge in [0.1, 0.15) is 6.10 Å². The number of amides is 3. The second-order valence-electron chi connectivity index (χ2n) is 13.5. The van der Waals surface area contributed by atoms with E-state index in [9.17, 15) is 19.5 Å². The Bertz CT molecular complexity index is 1030. The molecule has 9 heteroatoms. The Morgan fingerprint density at radius 1 is 1.00 bits per heavy atom. The van der Waals surface area contributed by atoms with Gasteiger partial charge in [-0.15, -0.1) is 0 Å². The Morgan fingerprint density at radius 3 is 2.37 bits per heavy atom. The molecule has 1 aromatic rings. The number of carboxylic acid groups (broad SMARTS) is 1. The number of nitrogens with zero attached hydrogens (tertiary/aromatic N) is 1. The van der Waals surface area contributed by atoms with E-state index in [1.807, 2.05) is 49.1 Å². The molecule has 1 saturated heterocycles. The van der Waals surface area contributed by atoms with E-state index < -0.39 is 29.2 Å². The predicted molar refractivity (Wildman–Crippen MR) is 167 cm³/mol. The quantitative estimate of drug-likeness (QED) is 0.209. The van der Waals surface area contributed by atoms with Crippen LogP contribution in [0.25, 0.3) is 0 Å². The Labute approximate surface area is 258 Å². The highest BCUT2D eigenvalue weighted by Gasteiger charge is 2.46. The van der Waals surface area contributed by atoms with Crippen molar-refractivity contribution >= 4 is 17.9 Å². The fourth-order valence-electron chi connectivity index (χ4n) is 6.26. The van der Waals surface area contributed by atoms with Crippen LogP contribution in [0.2, 0.25) is 0 Å². The lowest BCUT2D eigenvalue weighted by Crippen LogP contribution is -2.57. The van der Waals surface area contributed by atoms with Crippen LogP contribution in [-0.2, 0) is 25.6 Å². The van der Waals surface area contributed by atoms with E-state index in [0.717, 1.165) is 31.2 Å². The molecule has 0 spiro atoms. The molecule has 4 atom stereocenters. The topological polar surface area (TPSA) is 117 Å². The van der Waals surface area contributed by atoms with Crippen LogP contribution in [0, 0.1) is 17.3 Å². The fourth-order valence-corrected chi connectivity index (χ4v) is 6.26. The maximum absolute atomic E-state index is 13.7. The predicted octanol–water partition coefficient (Wildman–Crippen LogP) is 6.11. The van der Waals surface area contributed by atoms with E-state index in [-0.39, 0.29) is 30.4 Å². The molecule has 3 rings (SSSR count). The monoisotopic (exact) mass is 601 g/mol. The summed E-state index contributed by atoms with van der Waals surface area (Å²) < 4.78 is 11.7. The summed E-state index contributed by atoms with van der Waals surface area (Å²) in [5, 5.41) is 16.4. The Morgan fingerprint density at radius 2 is 1.67 bits per heavy atom. The first-order valence-electron chi connectivity index (χ1n) is 16.3. The molecule has 2 aliphatic rings. The second kappa shape index (κ2) is 16.4. The zero-order chi connectivity index (χ0) is 31.5. The number of urea groups is 1. The van der Waals surface area contributed by atoms with Gasteiger partial charge < -0.3 is 30.1 Å². The van der Waals surface area contributed by atoms with E-state index in [2.05, 4.69) is 17.6 Å². The smallest absolute Gasteiger partial charge is 0.317 e. The lowest BCUT2D eigenvalue weighted by molar-refractivity contribution is -0.304. The van der Waals surface area contributed by atoms with Crippen LogP contribution in [0.5, 0.6) is 0 Å². The van der Waals surface area contributed by atoms with Gasteiger partial charge in [-0.25, -0.2) is 4.79 Å². The molecule has 0 bridgehead atoms. The Hall–Kier alpha value is -2.65. The van der Waals surface area contributed by atoms with Crippen molar-refractivity contribution in [1.82, 2.24) is 15.5 Å². The van der Waals surface area contributed by atoms with E-state index in [1.54, 1.807) is 13.8 Å². The first-order valence-corrected chi connectivity index (χ1v) is 16.3. The van der Waals surface area contributed by atoms with Crippen LogP contribution in [-0.4, -0.2) is 65.5 Å². The van der Waals surface area contributed by atoms with Crippen molar-refractivity contribution in [3.63, 3.8) is 0 Å². The summed E-state index contributed by atoms with van der Waals surface area (Å²) in [5.41, 5.74) is 0.508. The van der Waals surface area contributed by atoms with Gasteiger partial charge in [-0.2, -0.15) is 0 Å². The molecular weight excluding hydrogens is 546 g/mol. The van der Waals surface area contributed by atoms with E-state index in [0.29, 0.717) is 32.5 Å². The normalized spacial score (nSPS) is 23.6. The van der Waals surface area contributed by atoms with Crippen LogP contribution in [0.4, 0.5) is 4.79 Å². The molecule has 1 saturated carbocycles. The number of carbonyl (C=O) groups is 3. The number of benzene rings is 1. The SMILES string of the molecule is CCCCCCCCN(Cc1ccccc1)C(=O)N[C@H]1CCCC[C@H]1C(CNC(=O)C1OC(C)(C)OCC1(C)C)C(=O)O. The molecule has 43 heavy (non-hydrogen) atoms. The summed E-state index contributed by atoms with van der Waals surface area (Å²) in [5.74, 6) is -3.32. The highest BCUT2D eigenvalue weighted by atomic mass is 16.7. The van der Waals surface area contributed by atoms with Gasteiger partial charge in [0.25, 0.3) is 0 Å². The molecule has 242 valence electrons. The van der Waals surface area contributed by atoms with Crippen molar-refractivity contribution in [2.75, 3.05) is 19.7 Å². The molecule has 0 radical (unpaired) electrons. The molecular formula is C34H55N3O6. The van der Waals surface area contributed by atoms with Crippen LogP contribution in [0.15, 0.2) is 30.3 Å². The third kappa shape index (κ3) is 10.8. The van der Waals surface area contributed by atoms with Crippen LogP contribution < -0.4 is 10.6 Å². The molecule has 1 heterocycles. The lowest BCUT2D eigenvalue weighted by atomic mass is 9.76. The van der Waals surface area contributed by atoms with Crippen molar-refractivity contribution < 1.29 is 29.0 Å². The van der Waals surface area contributed by atoms with E-state index in [1.165, 1.54) is 25.7 Å². The molecule has 3 N–H and O–H groups in total. The summed E-state index contributed by atoms with van der Waals surface area (Å²) in [6.07, 6.45) is 9.29.